The fourth-order valence-electron chi connectivity index (χ4n) is 1.04. The summed E-state index contributed by atoms with van der Waals surface area (Å²) in [5.41, 5.74) is -0.102. The predicted octanol–water partition coefficient (Wildman–Crippen LogP) is 2.27. The summed E-state index contributed by atoms with van der Waals surface area (Å²) in [5.74, 6) is -1.74. The van der Waals surface area contributed by atoms with Crippen molar-refractivity contribution in [3.8, 4) is 0 Å². The molecule has 0 bridgehead atoms. The molecule has 0 fully saturated rings. The second-order valence-corrected chi connectivity index (χ2v) is 5.04. The maximum atomic E-state index is 12.2. The average Bonchev–Trinajstić information content (AvgIpc) is 2.24. The third kappa shape index (κ3) is 4.31. The molecule has 18 heavy (non-hydrogen) atoms. The van der Waals surface area contributed by atoms with Crippen molar-refractivity contribution in [3.63, 3.8) is 0 Å². The maximum Gasteiger partial charge on any atom is 0.451 e. The van der Waals surface area contributed by atoms with E-state index in [1.807, 2.05) is 20.8 Å². The molecule has 1 N–H and O–H groups in total. The third-order valence-corrected chi connectivity index (χ3v) is 1.95. The Kier molecular flexibility index (Phi) is 3.93. The molecule has 0 spiro atoms. The Morgan fingerprint density at radius 2 is 1.72 bits per heavy atom. The van der Waals surface area contributed by atoms with Gasteiger partial charge < -0.3 is 5.32 Å². The van der Waals surface area contributed by atoms with E-state index in [1.165, 1.54) is 0 Å². The molecule has 100 valence electrons. The Labute approximate surface area is 103 Å². The highest BCUT2D eigenvalue weighted by Crippen LogP contribution is 2.25. The van der Waals surface area contributed by atoms with Crippen molar-refractivity contribution in [2.45, 2.75) is 26.9 Å². The average molecular weight is 261 g/mol. The van der Waals surface area contributed by atoms with E-state index in [1.54, 1.807) is 0 Å². The van der Waals surface area contributed by atoms with Gasteiger partial charge >= 0.3 is 6.18 Å². The van der Waals surface area contributed by atoms with Gasteiger partial charge in [0.05, 0.1) is 5.56 Å². The van der Waals surface area contributed by atoms with E-state index in [0.717, 1.165) is 12.4 Å². The maximum absolute atomic E-state index is 12.2. The summed E-state index contributed by atoms with van der Waals surface area (Å²) in [5, 5.41) is 2.60. The molecule has 1 aromatic rings. The van der Waals surface area contributed by atoms with Crippen LogP contribution in [0.15, 0.2) is 12.4 Å². The molecule has 1 heterocycles. The van der Waals surface area contributed by atoms with Gasteiger partial charge in [0.15, 0.2) is 0 Å². The first-order chi connectivity index (χ1) is 8.09. The van der Waals surface area contributed by atoms with E-state index in [4.69, 9.17) is 0 Å². The van der Waals surface area contributed by atoms with Crippen molar-refractivity contribution in [3.05, 3.63) is 23.8 Å². The first kappa shape index (κ1) is 14.4. The zero-order chi connectivity index (χ0) is 14.0. The molecule has 1 aromatic heterocycles. The van der Waals surface area contributed by atoms with Crippen LogP contribution in [0.2, 0.25) is 0 Å². The molecule has 0 radical (unpaired) electrons. The van der Waals surface area contributed by atoms with Crippen LogP contribution in [0.1, 0.15) is 37.0 Å². The van der Waals surface area contributed by atoms with Gasteiger partial charge in [-0.05, 0) is 5.41 Å². The van der Waals surface area contributed by atoms with Crippen LogP contribution < -0.4 is 5.32 Å². The van der Waals surface area contributed by atoms with E-state index >= 15 is 0 Å². The van der Waals surface area contributed by atoms with Crippen LogP contribution in [-0.2, 0) is 6.18 Å². The smallest absolute Gasteiger partial charge is 0.351 e. The molecule has 0 aliphatic heterocycles. The number of aromatic nitrogens is 2. The van der Waals surface area contributed by atoms with Gasteiger partial charge in [0, 0.05) is 18.9 Å². The van der Waals surface area contributed by atoms with E-state index in [0.29, 0.717) is 6.54 Å². The molecule has 0 unspecified atom stereocenters. The molecule has 0 atom stereocenters. The highest BCUT2D eigenvalue weighted by atomic mass is 19.4. The number of hydrogen-bond acceptors (Lipinski definition) is 3. The predicted molar refractivity (Wildman–Crippen MR) is 58.8 cm³/mol. The summed E-state index contributed by atoms with van der Waals surface area (Å²) >= 11 is 0. The fraction of sp³-hybridized carbons (Fsp3) is 0.545. The van der Waals surface area contributed by atoms with Crippen molar-refractivity contribution in [1.82, 2.24) is 15.3 Å². The fourth-order valence-corrected chi connectivity index (χ4v) is 1.04. The van der Waals surface area contributed by atoms with Crippen LogP contribution in [-0.4, -0.2) is 22.4 Å². The standard InChI is InChI=1S/C11H14F3N3O/c1-10(2,3)6-17-8(18)7-4-15-9(16-5-7)11(12,13)14/h4-5H,6H2,1-3H3,(H,17,18). The van der Waals surface area contributed by atoms with Crippen molar-refractivity contribution in [2.24, 2.45) is 5.41 Å². The Hall–Kier alpha value is -1.66. The zero-order valence-electron chi connectivity index (χ0n) is 10.3. The van der Waals surface area contributed by atoms with Crippen LogP contribution in [0.4, 0.5) is 13.2 Å². The van der Waals surface area contributed by atoms with Gasteiger partial charge in [0.1, 0.15) is 0 Å². The van der Waals surface area contributed by atoms with Gasteiger partial charge in [-0.2, -0.15) is 13.2 Å². The first-order valence-corrected chi connectivity index (χ1v) is 5.27. The van der Waals surface area contributed by atoms with Gasteiger partial charge in [-0.25, -0.2) is 9.97 Å². The Morgan fingerprint density at radius 1 is 1.22 bits per heavy atom. The lowest BCUT2D eigenvalue weighted by molar-refractivity contribution is -0.145. The largest absolute Gasteiger partial charge is 0.451 e. The van der Waals surface area contributed by atoms with Crippen molar-refractivity contribution in [2.75, 3.05) is 6.54 Å². The van der Waals surface area contributed by atoms with E-state index in [2.05, 4.69) is 15.3 Å². The molecular weight excluding hydrogens is 247 g/mol. The third-order valence-electron chi connectivity index (χ3n) is 1.95. The molecule has 0 aliphatic carbocycles. The molecule has 0 aromatic carbocycles. The monoisotopic (exact) mass is 261 g/mol. The lowest BCUT2D eigenvalue weighted by Gasteiger charge is -2.18. The van der Waals surface area contributed by atoms with Crippen LogP contribution >= 0.6 is 0 Å². The highest BCUT2D eigenvalue weighted by Gasteiger charge is 2.34. The lowest BCUT2D eigenvalue weighted by atomic mass is 9.97. The summed E-state index contributed by atoms with van der Waals surface area (Å²) in [7, 11) is 0. The number of nitrogens with zero attached hydrogens (tertiary/aromatic N) is 2. The van der Waals surface area contributed by atoms with Crippen LogP contribution in [0, 0.1) is 5.41 Å². The topological polar surface area (TPSA) is 54.9 Å². The summed E-state index contributed by atoms with van der Waals surface area (Å²) in [6, 6.07) is 0. The Bertz CT molecular complexity index is 421. The molecule has 7 heteroatoms. The minimum absolute atomic E-state index is 0.00671. The number of hydrogen-bond donors (Lipinski definition) is 1. The summed E-state index contributed by atoms with van der Waals surface area (Å²) < 4.78 is 36.6. The van der Waals surface area contributed by atoms with E-state index in [-0.39, 0.29) is 11.0 Å². The number of alkyl halides is 3. The minimum Gasteiger partial charge on any atom is -0.351 e. The van der Waals surface area contributed by atoms with Crippen LogP contribution in [0.3, 0.4) is 0 Å². The number of carbonyl (C=O) groups excluding carboxylic acids is 1. The molecule has 1 rings (SSSR count). The number of rotatable bonds is 2. The Morgan fingerprint density at radius 3 is 2.11 bits per heavy atom. The normalized spacial score (nSPS) is 12.3. The van der Waals surface area contributed by atoms with Gasteiger partial charge in [-0.1, -0.05) is 20.8 Å². The molecule has 0 saturated heterocycles. The van der Waals surface area contributed by atoms with Crippen LogP contribution in [0.25, 0.3) is 0 Å². The molecular formula is C11H14F3N3O. The zero-order valence-corrected chi connectivity index (χ0v) is 10.3. The quantitative estimate of drug-likeness (QED) is 0.888. The van der Waals surface area contributed by atoms with E-state index in [9.17, 15) is 18.0 Å². The summed E-state index contributed by atoms with van der Waals surface area (Å²) in [6.07, 6.45) is -2.86. The van der Waals surface area contributed by atoms with Gasteiger partial charge in [0.25, 0.3) is 5.91 Å². The van der Waals surface area contributed by atoms with Crippen molar-refractivity contribution in [1.29, 1.82) is 0 Å². The van der Waals surface area contributed by atoms with Crippen molar-refractivity contribution < 1.29 is 18.0 Å². The SMILES string of the molecule is CC(C)(C)CNC(=O)c1cnc(C(F)(F)F)nc1. The lowest BCUT2D eigenvalue weighted by Crippen LogP contribution is -2.32. The molecule has 4 nitrogen and oxygen atoms in total. The van der Waals surface area contributed by atoms with Gasteiger partial charge in [0.2, 0.25) is 5.82 Å². The number of halogens is 3. The van der Waals surface area contributed by atoms with Crippen molar-refractivity contribution >= 4 is 5.91 Å². The highest BCUT2D eigenvalue weighted by molar-refractivity contribution is 5.93. The molecule has 1 amide bonds. The van der Waals surface area contributed by atoms with E-state index < -0.39 is 17.9 Å². The molecule has 0 aliphatic rings. The summed E-state index contributed by atoms with van der Waals surface area (Å²) in [4.78, 5) is 17.8. The van der Waals surface area contributed by atoms with Gasteiger partial charge in [-0.3, -0.25) is 4.79 Å². The molecule has 0 saturated carbocycles. The van der Waals surface area contributed by atoms with Gasteiger partial charge in [-0.15, -0.1) is 0 Å². The Balaban J connectivity index is 2.71. The number of carbonyl (C=O) groups is 1. The number of nitrogens with one attached hydrogen (secondary N) is 1. The second-order valence-electron chi connectivity index (χ2n) is 5.04. The first-order valence-electron chi connectivity index (χ1n) is 5.27. The summed E-state index contributed by atoms with van der Waals surface area (Å²) in [6.45, 7) is 6.19. The number of amides is 1. The second kappa shape index (κ2) is 4.91. The van der Waals surface area contributed by atoms with Crippen LogP contribution in [0.5, 0.6) is 0 Å². The minimum atomic E-state index is -4.60.